The van der Waals surface area contributed by atoms with E-state index >= 15 is 0 Å². The molecule has 4 rings (SSSR count). The average Bonchev–Trinajstić information content (AvgIpc) is 3.05. The van der Waals surface area contributed by atoms with Crippen LogP contribution in [0.2, 0.25) is 0 Å². The van der Waals surface area contributed by atoms with Crippen molar-refractivity contribution in [1.29, 1.82) is 0 Å². The Balaban J connectivity index is 1.79. The summed E-state index contributed by atoms with van der Waals surface area (Å²) in [6.45, 7) is 3.22. The molecule has 2 heterocycles. The molecule has 5 nitrogen and oxygen atoms in total. The highest BCUT2D eigenvalue weighted by Crippen LogP contribution is 2.28. The number of primary amides is 1. The molecule has 2 N–H and O–H groups in total. The predicted molar refractivity (Wildman–Crippen MR) is 101 cm³/mol. The zero-order chi connectivity index (χ0) is 18.3. The number of fused-ring (bicyclic) bond motifs is 2. The van der Waals surface area contributed by atoms with Crippen LogP contribution in [0.15, 0.2) is 54.7 Å². The SMILES string of the molecule is CCn1cc(C(=O)N2Cc3ccccc3CC2C(N)=O)c2ccccc21. The van der Waals surface area contributed by atoms with Crippen LogP contribution in [0.25, 0.3) is 10.9 Å². The second kappa shape index (κ2) is 6.33. The highest BCUT2D eigenvalue weighted by atomic mass is 16.2. The van der Waals surface area contributed by atoms with Crippen LogP contribution < -0.4 is 5.73 Å². The van der Waals surface area contributed by atoms with E-state index in [-0.39, 0.29) is 5.91 Å². The fourth-order valence-corrected chi connectivity index (χ4v) is 3.82. The van der Waals surface area contributed by atoms with Crippen molar-refractivity contribution in [2.24, 2.45) is 5.73 Å². The molecule has 0 saturated carbocycles. The molecule has 26 heavy (non-hydrogen) atoms. The summed E-state index contributed by atoms with van der Waals surface area (Å²) in [7, 11) is 0. The molecule has 0 radical (unpaired) electrons. The molecule has 132 valence electrons. The summed E-state index contributed by atoms with van der Waals surface area (Å²) in [5.74, 6) is -0.612. The molecule has 5 heteroatoms. The van der Waals surface area contributed by atoms with E-state index in [4.69, 9.17) is 5.73 Å². The number of aromatic nitrogens is 1. The summed E-state index contributed by atoms with van der Waals surface area (Å²) in [6, 6.07) is 15.1. The van der Waals surface area contributed by atoms with Crippen LogP contribution in [0.1, 0.15) is 28.4 Å². The molecule has 3 aromatic rings. The van der Waals surface area contributed by atoms with Gasteiger partial charge in [0.05, 0.1) is 5.56 Å². The average molecular weight is 347 g/mol. The number of aryl methyl sites for hydroxylation is 1. The molecule has 1 atom stereocenters. The van der Waals surface area contributed by atoms with Crippen LogP contribution in [0.4, 0.5) is 0 Å². The molecule has 0 saturated heterocycles. The number of nitrogens with two attached hydrogens (primary N) is 1. The maximum absolute atomic E-state index is 13.4. The standard InChI is InChI=1S/C21H21N3O2/c1-2-23-13-17(16-9-5-6-10-18(16)23)21(26)24-12-15-8-4-3-7-14(15)11-19(24)20(22)25/h3-10,13,19H,2,11-12H2,1H3,(H2,22,25). The third kappa shape index (κ3) is 2.56. The molecule has 1 aliphatic heterocycles. The summed E-state index contributed by atoms with van der Waals surface area (Å²) in [6.07, 6.45) is 2.34. The predicted octanol–water partition coefficient (Wildman–Crippen LogP) is 2.71. The summed E-state index contributed by atoms with van der Waals surface area (Å²) in [4.78, 5) is 27.0. The maximum Gasteiger partial charge on any atom is 0.257 e. The number of para-hydroxylation sites is 1. The smallest absolute Gasteiger partial charge is 0.257 e. The summed E-state index contributed by atoms with van der Waals surface area (Å²) < 4.78 is 2.06. The first-order valence-electron chi connectivity index (χ1n) is 8.85. The van der Waals surface area contributed by atoms with Crippen LogP contribution in [0.3, 0.4) is 0 Å². The van der Waals surface area contributed by atoms with Crippen LogP contribution in [-0.4, -0.2) is 27.3 Å². The number of amides is 2. The minimum Gasteiger partial charge on any atom is -0.368 e. The van der Waals surface area contributed by atoms with Gasteiger partial charge in [0.25, 0.3) is 5.91 Å². The lowest BCUT2D eigenvalue weighted by atomic mass is 9.93. The number of nitrogens with zero attached hydrogens (tertiary/aromatic N) is 2. The van der Waals surface area contributed by atoms with Gasteiger partial charge in [-0.1, -0.05) is 42.5 Å². The molecule has 2 amide bonds. The third-order valence-corrected chi connectivity index (χ3v) is 5.20. The first-order valence-corrected chi connectivity index (χ1v) is 8.85. The van der Waals surface area contributed by atoms with Crippen molar-refractivity contribution in [2.75, 3.05) is 0 Å². The van der Waals surface area contributed by atoms with Crippen LogP contribution in [-0.2, 0) is 24.3 Å². The molecule has 0 bridgehead atoms. The molecule has 1 aliphatic rings. The van der Waals surface area contributed by atoms with Crippen molar-refractivity contribution in [3.8, 4) is 0 Å². The molecule has 0 aliphatic carbocycles. The Morgan fingerprint density at radius 3 is 2.50 bits per heavy atom. The van der Waals surface area contributed by atoms with Gasteiger partial charge in [-0.05, 0) is 24.1 Å². The van der Waals surface area contributed by atoms with Crippen molar-refractivity contribution < 1.29 is 9.59 Å². The quantitative estimate of drug-likeness (QED) is 0.791. The molecular weight excluding hydrogens is 326 g/mol. The van der Waals surface area contributed by atoms with E-state index in [0.29, 0.717) is 18.5 Å². The van der Waals surface area contributed by atoms with E-state index < -0.39 is 11.9 Å². The van der Waals surface area contributed by atoms with Gasteiger partial charge in [0.1, 0.15) is 6.04 Å². The third-order valence-electron chi connectivity index (χ3n) is 5.20. The van der Waals surface area contributed by atoms with E-state index in [0.717, 1.165) is 28.6 Å². The lowest BCUT2D eigenvalue weighted by Crippen LogP contribution is -2.51. The molecule has 1 unspecified atom stereocenters. The monoisotopic (exact) mass is 347 g/mol. The number of hydrogen-bond acceptors (Lipinski definition) is 2. The molecule has 2 aromatic carbocycles. The fraction of sp³-hybridized carbons (Fsp3) is 0.238. The van der Waals surface area contributed by atoms with Gasteiger partial charge in [-0.2, -0.15) is 0 Å². The van der Waals surface area contributed by atoms with E-state index in [2.05, 4.69) is 4.57 Å². The zero-order valence-electron chi connectivity index (χ0n) is 14.7. The van der Waals surface area contributed by atoms with Gasteiger partial charge in [-0.3, -0.25) is 9.59 Å². The summed E-state index contributed by atoms with van der Waals surface area (Å²) in [5.41, 5.74) is 9.42. The highest BCUT2D eigenvalue weighted by molar-refractivity contribution is 6.08. The second-order valence-electron chi connectivity index (χ2n) is 6.67. The largest absolute Gasteiger partial charge is 0.368 e. The van der Waals surface area contributed by atoms with Crippen LogP contribution in [0, 0.1) is 0 Å². The summed E-state index contributed by atoms with van der Waals surface area (Å²) in [5, 5.41) is 0.904. The molecule has 0 fully saturated rings. The van der Waals surface area contributed by atoms with Gasteiger partial charge in [0.15, 0.2) is 0 Å². The van der Waals surface area contributed by atoms with Crippen molar-refractivity contribution in [1.82, 2.24) is 9.47 Å². The van der Waals surface area contributed by atoms with Crippen LogP contribution in [0.5, 0.6) is 0 Å². The van der Waals surface area contributed by atoms with Gasteiger partial charge in [0, 0.05) is 36.6 Å². The first-order chi connectivity index (χ1) is 12.6. The first kappa shape index (κ1) is 16.4. The number of rotatable bonds is 3. The van der Waals surface area contributed by atoms with Gasteiger partial charge in [-0.25, -0.2) is 0 Å². The van der Waals surface area contributed by atoms with E-state index in [1.54, 1.807) is 4.90 Å². The normalized spacial score (nSPS) is 16.5. The molecular formula is C21H21N3O2. The van der Waals surface area contributed by atoms with Crippen molar-refractivity contribution in [2.45, 2.75) is 32.5 Å². The lowest BCUT2D eigenvalue weighted by molar-refractivity contribution is -0.122. The molecule has 1 aromatic heterocycles. The number of benzene rings is 2. The van der Waals surface area contributed by atoms with Crippen molar-refractivity contribution >= 4 is 22.7 Å². The highest BCUT2D eigenvalue weighted by Gasteiger charge is 2.34. The van der Waals surface area contributed by atoms with Crippen LogP contribution >= 0.6 is 0 Å². The minimum atomic E-state index is -0.624. The number of hydrogen-bond donors (Lipinski definition) is 1. The summed E-state index contributed by atoms with van der Waals surface area (Å²) >= 11 is 0. The van der Waals surface area contributed by atoms with Gasteiger partial charge >= 0.3 is 0 Å². The Bertz CT molecular complexity index is 1010. The van der Waals surface area contributed by atoms with E-state index in [1.807, 2.05) is 61.7 Å². The second-order valence-corrected chi connectivity index (χ2v) is 6.67. The fourth-order valence-electron chi connectivity index (χ4n) is 3.82. The van der Waals surface area contributed by atoms with Gasteiger partial charge in [0.2, 0.25) is 5.91 Å². The van der Waals surface area contributed by atoms with Crippen molar-refractivity contribution in [3.63, 3.8) is 0 Å². The van der Waals surface area contributed by atoms with E-state index in [1.165, 1.54) is 0 Å². The molecule has 0 spiro atoms. The lowest BCUT2D eigenvalue weighted by Gasteiger charge is -2.35. The Morgan fingerprint density at radius 2 is 1.77 bits per heavy atom. The number of carbonyl (C=O) groups is 2. The maximum atomic E-state index is 13.4. The minimum absolute atomic E-state index is 0.147. The Labute approximate surface area is 152 Å². The Hall–Kier alpha value is -3.08. The van der Waals surface area contributed by atoms with Crippen molar-refractivity contribution in [3.05, 3.63) is 71.4 Å². The Morgan fingerprint density at radius 1 is 1.08 bits per heavy atom. The number of carbonyl (C=O) groups excluding carboxylic acids is 2. The Kier molecular flexibility index (Phi) is 3.99. The zero-order valence-corrected chi connectivity index (χ0v) is 14.7. The van der Waals surface area contributed by atoms with E-state index in [9.17, 15) is 9.59 Å². The van der Waals surface area contributed by atoms with Gasteiger partial charge < -0.3 is 15.2 Å². The van der Waals surface area contributed by atoms with Gasteiger partial charge in [-0.15, -0.1) is 0 Å². The topological polar surface area (TPSA) is 68.3 Å².